The van der Waals surface area contributed by atoms with Crippen LogP contribution in [0.4, 0.5) is 8.78 Å². The average molecular weight is 346 g/mol. The minimum absolute atomic E-state index is 0.154. The van der Waals surface area contributed by atoms with Gasteiger partial charge in [-0.25, -0.2) is 13.6 Å². The number of hydrogen-bond donors (Lipinski definition) is 0. The van der Waals surface area contributed by atoms with Crippen LogP contribution in [0, 0.1) is 11.6 Å². The van der Waals surface area contributed by atoms with Gasteiger partial charge in [-0.05, 0) is 25.0 Å². The fourth-order valence-corrected chi connectivity index (χ4v) is 2.89. The predicted octanol–water partition coefficient (Wildman–Crippen LogP) is 3.57. The normalized spacial score (nSPS) is 15.3. The van der Waals surface area contributed by atoms with Crippen LogP contribution in [0.15, 0.2) is 12.1 Å². The van der Waals surface area contributed by atoms with Crippen LogP contribution in [0.1, 0.15) is 42.5 Å². The van der Waals surface area contributed by atoms with Crippen LogP contribution < -0.4 is 0 Å². The lowest BCUT2D eigenvalue weighted by molar-refractivity contribution is -0.135. The zero-order valence-corrected chi connectivity index (χ0v) is 13.5. The summed E-state index contributed by atoms with van der Waals surface area (Å²) in [6, 6.07) is 1.51. The highest BCUT2D eigenvalue weighted by Gasteiger charge is 2.23. The molecule has 2 rings (SSSR count). The van der Waals surface area contributed by atoms with Crippen LogP contribution >= 0.6 is 11.6 Å². The van der Waals surface area contributed by atoms with Gasteiger partial charge in [0.1, 0.15) is 0 Å². The van der Waals surface area contributed by atoms with Crippen molar-refractivity contribution in [1.29, 1.82) is 0 Å². The van der Waals surface area contributed by atoms with Gasteiger partial charge in [-0.15, -0.1) is 0 Å². The Balaban J connectivity index is 1.93. The van der Waals surface area contributed by atoms with Gasteiger partial charge in [0.05, 0.1) is 10.6 Å². The summed E-state index contributed by atoms with van der Waals surface area (Å²) in [6.07, 6.45) is 5.19. The molecule has 0 aliphatic heterocycles. The van der Waals surface area contributed by atoms with Crippen molar-refractivity contribution in [3.8, 4) is 0 Å². The van der Waals surface area contributed by atoms with Crippen molar-refractivity contribution in [3.05, 3.63) is 34.4 Å². The van der Waals surface area contributed by atoms with E-state index in [4.69, 9.17) is 16.3 Å². The Labute approximate surface area is 138 Å². The van der Waals surface area contributed by atoms with Gasteiger partial charge >= 0.3 is 5.97 Å². The van der Waals surface area contributed by atoms with Crippen molar-refractivity contribution >= 4 is 23.5 Å². The fraction of sp³-hybridized carbons (Fsp3) is 0.500. The summed E-state index contributed by atoms with van der Waals surface area (Å²) in [4.78, 5) is 25.5. The molecule has 0 atom stereocenters. The van der Waals surface area contributed by atoms with E-state index in [-0.39, 0.29) is 22.5 Å². The summed E-state index contributed by atoms with van der Waals surface area (Å²) in [5, 5.41) is -0.262. The molecule has 1 aromatic carbocycles. The Morgan fingerprint density at radius 2 is 1.83 bits per heavy atom. The van der Waals surface area contributed by atoms with Gasteiger partial charge in [-0.1, -0.05) is 30.9 Å². The van der Waals surface area contributed by atoms with Crippen molar-refractivity contribution < 1.29 is 23.1 Å². The third-order valence-corrected chi connectivity index (χ3v) is 4.39. The lowest BCUT2D eigenvalue weighted by atomic mass is 9.94. The fourth-order valence-electron chi connectivity index (χ4n) is 2.66. The van der Waals surface area contributed by atoms with E-state index in [1.165, 1.54) is 6.42 Å². The van der Waals surface area contributed by atoms with Gasteiger partial charge in [0.2, 0.25) is 0 Å². The highest BCUT2D eigenvalue weighted by molar-refractivity contribution is 6.33. The van der Waals surface area contributed by atoms with Crippen LogP contribution in [0.3, 0.4) is 0 Å². The number of hydrogen-bond acceptors (Lipinski definition) is 3. The number of rotatable bonds is 4. The molecule has 0 spiro atoms. The first kappa shape index (κ1) is 17.7. The van der Waals surface area contributed by atoms with Crippen LogP contribution in [-0.2, 0) is 9.53 Å². The number of nitrogens with zero attached hydrogens (tertiary/aromatic N) is 1. The molecule has 23 heavy (non-hydrogen) atoms. The number of carbonyl (C=O) groups excluding carboxylic acids is 2. The van der Waals surface area contributed by atoms with Crippen molar-refractivity contribution in [2.24, 2.45) is 0 Å². The molecular weight excluding hydrogens is 328 g/mol. The van der Waals surface area contributed by atoms with Crippen molar-refractivity contribution in [3.63, 3.8) is 0 Å². The Hall–Kier alpha value is -1.69. The van der Waals surface area contributed by atoms with E-state index in [0.717, 1.165) is 25.7 Å². The molecule has 1 aliphatic rings. The highest BCUT2D eigenvalue weighted by Crippen LogP contribution is 2.22. The van der Waals surface area contributed by atoms with E-state index in [0.29, 0.717) is 12.1 Å². The van der Waals surface area contributed by atoms with E-state index >= 15 is 0 Å². The third-order valence-electron chi connectivity index (χ3n) is 4.07. The van der Waals surface area contributed by atoms with Gasteiger partial charge in [-0.3, -0.25) is 4.79 Å². The molecule has 0 bridgehead atoms. The molecule has 1 fully saturated rings. The predicted molar refractivity (Wildman–Crippen MR) is 81.3 cm³/mol. The number of esters is 1. The van der Waals surface area contributed by atoms with Gasteiger partial charge in [-0.2, -0.15) is 0 Å². The zero-order valence-electron chi connectivity index (χ0n) is 12.8. The molecule has 1 aliphatic carbocycles. The first-order chi connectivity index (χ1) is 10.9. The topological polar surface area (TPSA) is 46.6 Å². The summed E-state index contributed by atoms with van der Waals surface area (Å²) in [5.41, 5.74) is -0.307. The molecule has 0 radical (unpaired) electrons. The second-order valence-corrected chi connectivity index (χ2v) is 6.03. The van der Waals surface area contributed by atoms with Crippen molar-refractivity contribution in [2.75, 3.05) is 13.7 Å². The summed E-state index contributed by atoms with van der Waals surface area (Å²) < 4.78 is 31.0. The van der Waals surface area contributed by atoms with Crippen molar-refractivity contribution in [1.82, 2.24) is 4.90 Å². The molecule has 1 amide bonds. The van der Waals surface area contributed by atoms with E-state index in [1.54, 1.807) is 11.9 Å². The van der Waals surface area contributed by atoms with Crippen LogP contribution in [-0.4, -0.2) is 36.5 Å². The molecule has 0 unspecified atom stereocenters. The summed E-state index contributed by atoms with van der Waals surface area (Å²) in [6.45, 7) is -0.457. The Bertz CT molecular complexity index is 603. The maximum absolute atomic E-state index is 13.2. The van der Waals surface area contributed by atoms with Gasteiger partial charge in [0.25, 0.3) is 5.91 Å². The number of halogens is 3. The molecule has 7 heteroatoms. The SMILES string of the molecule is CN(C(=O)COC(=O)c1cc(F)c(F)cc1Cl)C1CCCCC1. The number of benzene rings is 1. The van der Waals surface area contributed by atoms with E-state index in [2.05, 4.69) is 0 Å². The molecule has 0 aromatic heterocycles. The largest absolute Gasteiger partial charge is 0.452 e. The van der Waals surface area contributed by atoms with E-state index < -0.39 is 24.2 Å². The standard InChI is InChI=1S/C16H18ClF2NO3/c1-20(10-5-3-2-4-6-10)15(21)9-23-16(22)11-7-13(18)14(19)8-12(11)17/h7-8,10H,2-6,9H2,1H3. The molecule has 4 nitrogen and oxygen atoms in total. The molecule has 0 saturated heterocycles. The summed E-state index contributed by atoms with van der Waals surface area (Å²) in [7, 11) is 1.68. The van der Waals surface area contributed by atoms with E-state index in [1.807, 2.05) is 0 Å². The lowest BCUT2D eigenvalue weighted by Crippen LogP contribution is -2.40. The van der Waals surface area contributed by atoms with Crippen molar-refractivity contribution in [2.45, 2.75) is 38.1 Å². The molecule has 126 valence electrons. The smallest absolute Gasteiger partial charge is 0.340 e. The lowest BCUT2D eigenvalue weighted by Gasteiger charge is -2.31. The third kappa shape index (κ3) is 4.41. The first-order valence-electron chi connectivity index (χ1n) is 7.47. The second-order valence-electron chi connectivity index (χ2n) is 5.62. The minimum atomic E-state index is -1.20. The summed E-state index contributed by atoms with van der Waals surface area (Å²) in [5.74, 6) is -3.64. The number of likely N-dealkylation sites (N-methyl/N-ethyl adjacent to an activating group) is 1. The Kier molecular flexibility index (Phi) is 5.93. The molecule has 1 saturated carbocycles. The maximum Gasteiger partial charge on any atom is 0.340 e. The molecular formula is C16H18ClF2NO3. The van der Waals surface area contributed by atoms with E-state index in [9.17, 15) is 18.4 Å². The van der Waals surface area contributed by atoms with Crippen LogP contribution in [0.5, 0.6) is 0 Å². The van der Waals surface area contributed by atoms with Crippen LogP contribution in [0.25, 0.3) is 0 Å². The maximum atomic E-state index is 13.2. The molecule has 1 aromatic rings. The number of carbonyl (C=O) groups is 2. The first-order valence-corrected chi connectivity index (χ1v) is 7.85. The molecule has 0 heterocycles. The highest BCUT2D eigenvalue weighted by atomic mass is 35.5. The van der Waals surface area contributed by atoms with Crippen LogP contribution in [0.2, 0.25) is 5.02 Å². The average Bonchev–Trinajstić information content (AvgIpc) is 2.55. The Morgan fingerprint density at radius 3 is 2.48 bits per heavy atom. The number of amides is 1. The Morgan fingerprint density at radius 1 is 1.22 bits per heavy atom. The van der Waals surface area contributed by atoms with Gasteiger partial charge < -0.3 is 9.64 Å². The van der Waals surface area contributed by atoms with Gasteiger partial charge in [0, 0.05) is 13.1 Å². The van der Waals surface area contributed by atoms with Gasteiger partial charge in [0.15, 0.2) is 18.2 Å². The number of ether oxygens (including phenoxy) is 1. The summed E-state index contributed by atoms with van der Waals surface area (Å²) >= 11 is 5.69. The minimum Gasteiger partial charge on any atom is -0.452 e. The quantitative estimate of drug-likeness (QED) is 0.619. The monoisotopic (exact) mass is 345 g/mol. The molecule has 0 N–H and O–H groups in total. The zero-order chi connectivity index (χ0) is 17.0. The second kappa shape index (κ2) is 7.73.